The Morgan fingerprint density at radius 2 is 1.82 bits per heavy atom. The molecule has 2 fully saturated rings. The van der Waals surface area contributed by atoms with E-state index in [1.54, 1.807) is 0 Å². The number of nitrogens with two attached hydrogens (primary N) is 1. The quantitative estimate of drug-likeness (QED) is 0.787. The highest BCUT2D eigenvalue weighted by atomic mass is 35.5. The molecule has 0 aromatic carbocycles. The number of ether oxygens (including phenoxy) is 1. The number of hydrogen-bond acceptors (Lipinski definition) is 4. The zero-order valence-corrected chi connectivity index (χ0v) is 15.1. The molecule has 0 unspecified atom stereocenters. The molecule has 2 heterocycles. The number of carbonyl (C=O) groups is 1. The Hall–Kier alpha value is -0.0700. The summed E-state index contributed by atoms with van der Waals surface area (Å²) in [5, 5.41) is 3.08. The summed E-state index contributed by atoms with van der Waals surface area (Å²) >= 11 is 0. The number of halogens is 2. The first-order valence-corrected chi connectivity index (χ1v) is 8.04. The van der Waals surface area contributed by atoms with Crippen LogP contribution >= 0.6 is 24.8 Å². The summed E-state index contributed by atoms with van der Waals surface area (Å²) in [5.41, 5.74) is 5.89. The molecule has 132 valence electrons. The zero-order valence-electron chi connectivity index (χ0n) is 13.5. The average molecular weight is 356 g/mol. The van der Waals surface area contributed by atoms with Crippen LogP contribution in [0.4, 0.5) is 0 Å². The number of nitrogens with zero attached hydrogens (tertiary/aromatic N) is 1. The molecule has 2 saturated heterocycles. The summed E-state index contributed by atoms with van der Waals surface area (Å²) in [7, 11) is 0. The molecule has 0 aromatic heterocycles. The van der Waals surface area contributed by atoms with E-state index in [9.17, 15) is 4.79 Å². The third-order valence-electron chi connectivity index (χ3n) is 4.82. The predicted molar refractivity (Wildman–Crippen MR) is 94.0 cm³/mol. The molecule has 7 heteroatoms. The van der Waals surface area contributed by atoms with Gasteiger partial charge < -0.3 is 15.8 Å². The van der Waals surface area contributed by atoms with Crippen molar-refractivity contribution in [2.24, 2.45) is 5.73 Å². The number of amides is 1. The number of carbonyl (C=O) groups excluding carboxylic acids is 1. The van der Waals surface area contributed by atoms with Crippen molar-refractivity contribution < 1.29 is 9.53 Å². The van der Waals surface area contributed by atoms with Gasteiger partial charge in [0.1, 0.15) is 0 Å². The second-order valence-electron chi connectivity index (χ2n) is 6.12. The molecule has 5 nitrogen and oxygen atoms in total. The summed E-state index contributed by atoms with van der Waals surface area (Å²) in [6, 6.07) is -0.381. The van der Waals surface area contributed by atoms with E-state index < -0.39 is 0 Å². The Morgan fingerprint density at radius 3 is 2.36 bits per heavy atom. The highest BCUT2D eigenvalue weighted by molar-refractivity contribution is 5.85. The average Bonchev–Trinajstić information content (AvgIpc) is 2.53. The first kappa shape index (κ1) is 21.9. The van der Waals surface area contributed by atoms with Gasteiger partial charge in [0, 0.05) is 25.3 Å². The minimum absolute atomic E-state index is 0. The molecule has 2 rings (SSSR count). The van der Waals surface area contributed by atoms with E-state index in [1.165, 1.54) is 19.3 Å². The number of hydrogen-bond donors (Lipinski definition) is 2. The van der Waals surface area contributed by atoms with Crippen LogP contribution in [0.1, 0.15) is 45.4 Å². The molecule has 2 aliphatic rings. The van der Waals surface area contributed by atoms with Gasteiger partial charge in [-0.1, -0.05) is 13.3 Å². The van der Waals surface area contributed by atoms with E-state index in [0.717, 1.165) is 39.1 Å². The predicted octanol–water partition coefficient (Wildman–Crippen LogP) is 1.72. The minimum Gasteiger partial charge on any atom is -0.381 e. The molecular formula is C15H31Cl2N3O2. The van der Waals surface area contributed by atoms with Gasteiger partial charge in [0.15, 0.2) is 0 Å². The Bertz CT molecular complexity index is 320. The molecule has 22 heavy (non-hydrogen) atoms. The third kappa shape index (κ3) is 5.53. The van der Waals surface area contributed by atoms with Crippen LogP contribution in [-0.4, -0.2) is 55.2 Å². The SMILES string of the molecule is CC[C@H](N)C(=O)NCC1(N2CCCCC2)CCOCC1.Cl.Cl. The first-order valence-electron chi connectivity index (χ1n) is 8.04. The molecule has 0 spiro atoms. The standard InChI is InChI=1S/C15H29N3O2.2ClH/c1-2-13(16)14(19)17-12-15(6-10-20-11-7-15)18-8-4-3-5-9-18;;/h13H,2-12,16H2,1H3,(H,17,19);2*1H/t13-;;/m0../s1. The van der Waals surface area contributed by atoms with Crippen molar-refractivity contribution in [3.05, 3.63) is 0 Å². The van der Waals surface area contributed by atoms with Crippen molar-refractivity contribution in [3.63, 3.8) is 0 Å². The second-order valence-corrected chi connectivity index (χ2v) is 6.12. The van der Waals surface area contributed by atoms with Crippen molar-refractivity contribution in [1.29, 1.82) is 0 Å². The molecular weight excluding hydrogens is 325 g/mol. The van der Waals surface area contributed by atoms with E-state index >= 15 is 0 Å². The van der Waals surface area contributed by atoms with Crippen LogP contribution in [-0.2, 0) is 9.53 Å². The zero-order chi connectivity index (χ0) is 14.4. The highest BCUT2D eigenvalue weighted by Gasteiger charge is 2.39. The topological polar surface area (TPSA) is 67.6 Å². The number of rotatable bonds is 5. The highest BCUT2D eigenvalue weighted by Crippen LogP contribution is 2.30. The van der Waals surface area contributed by atoms with Crippen LogP contribution < -0.4 is 11.1 Å². The normalized spacial score (nSPS) is 22.8. The minimum atomic E-state index is -0.381. The fourth-order valence-corrected chi connectivity index (χ4v) is 3.29. The molecule has 0 bridgehead atoms. The maximum Gasteiger partial charge on any atom is 0.236 e. The van der Waals surface area contributed by atoms with Gasteiger partial charge in [0.2, 0.25) is 5.91 Å². The largest absolute Gasteiger partial charge is 0.381 e. The Labute approximate surface area is 146 Å². The summed E-state index contributed by atoms with van der Waals surface area (Å²) in [6.07, 6.45) is 6.57. The summed E-state index contributed by atoms with van der Waals surface area (Å²) in [4.78, 5) is 14.5. The maximum absolute atomic E-state index is 12.0. The summed E-state index contributed by atoms with van der Waals surface area (Å²) < 4.78 is 5.53. The van der Waals surface area contributed by atoms with Crippen LogP contribution in [0.25, 0.3) is 0 Å². The number of nitrogens with one attached hydrogen (secondary N) is 1. The first-order chi connectivity index (χ1) is 9.68. The third-order valence-corrected chi connectivity index (χ3v) is 4.82. The lowest BCUT2D eigenvalue weighted by Gasteiger charge is -2.48. The van der Waals surface area contributed by atoms with Crippen LogP contribution in [0.15, 0.2) is 0 Å². The van der Waals surface area contributed by atoms with Crippen molar-refractivity contribution in [1.82, 2.24) is 10.2 Å². The van der Waals surface area contributed by atoms with E-state index in [1.807, 2.05) is 6.92 Å². The summed E-state index contributed by atoms with van der Waals surface area (Å²) in [6.45, 7) is 6.55. The molecule has 2 aliphatic heterocycles. The van der Waals surface area contributed by atoms with Gasteiger partial charge >= 0.3 is 0 Å². The number of likely N-dealkylation sites (tertiary alicyclic amines) is 1. The van der Waals surface area contributed by atoms with E-state index in [0.29, 0.717) is 13.0 Å². The molecule has 0 aromatic rings. The van der Waals surface area contributed by atoms with Crippen molar-refractivity contribution >= 4 is 30.7 Å². The van der Waals surface area contributed by atoms with Crippen molar-refractivity contribution in [2.45, 2.75) is 57.0 Å². The molecule has 0 aliphatic carbocycles. The van der Waals surface area contributed by atoms with Gasteiger partial charge in [-0.2, -0.15) is 0 Å². The lowest BCUT2D eigenvalue weighted by molar-refractivity contribution is -0.124. The van der Waals surface area contributed by atoms with E-state index in [4.69, 9.17) is 10.5 Å². The molecule has 1 amide bonds. The monoisotopic (exact) mass is 355 g/mol. The van der Waals surface area contributed by atoms with Crippen LogP contribution in [0.5, 0.6) is 0 Å². The van der Waals surface area contributed by atoms with Gasteiger partial charge in [-0.05, 0) is 45.2 Å². The van der Waals surface area contributed by atoms with Gasteiger partial charge in [-0.3, -0.25) is 9.69 Å². The number of piperidine rings is 1. The second kappa shape index (κ2) is 10.7. The molecule has 1 atom stereocenters. The van der Waals surface area contributed by atoms with Crippen LogP contribution in [0.3, 0.4) is 0 Å². The smallest absolute Gasteiger partial charge is 0.236 e. The maximum atomic E-state index is 12.0. The summed E-state index contributed by atoms with van der Waals surface area (Å²) in [5.74, 6) is -0.0182. The Morgan fingerprint density at radius 1 is 1.23 bits per heavy atom. The van der Waals surface area contributed by atoms with Crippen LogP contribution in [0.2, 0.25) is 0 Å². The van der Waals surface area contributed by atoms with Crippen molar-refractivity contribution in [3.8, 4) is 0 Å². The fourth-order valence-electron chi connectivity index (χ4n) is 3.29. The fraction of sp³-hybridized carbons (Fsp3) is 0.933. The lowest BCUT2D eigenvalue weighted by Crippen LogP contribution is -2.60. The Balaban J connectivity index is 0.00000220. The Kier molecular flexibility index (Phi) is 10.6. The molecule has 0 saturated carbocycles. The van der Waals surface area contributed by atoms with Gasteiger partial charge in [0.25, 0.3) is 0 Å². The van der Waals surface area contributed by atoms with Gasteiger partial charge in [0.05, 0.1) is 6.04 Å². The van der Waals surface area contributed by atoms with E-state index in [-0.39, 0.29) is 42.3 Å². The van der Waals surface area contributed by atoms with Gasteiger partial charge in [-0.25, -0.2) is 0 Å². The van der Waals surface area contributed by atoms with Crippen LogP contribution in [0, 0.1) is 0 Å². The molecule has 0 radical (unpaired) electrons. The lowest BCUT2D eigenvalue weighted by atomic mass is 9.86. The van der Waals surface area contributed by atoms with Gasteiger partial charge in [-0.15, -0.1) is 24.8 Å². The van der Waals surface area contributed by atoms with Crippen molar-refractivity contribution in [2.75, 3.05) is 32.8 Å². The molecule has 3 N–H and O–H groups in total. The van der Waals surface area contributed by atoms with E-state index in [2.05, 4.69) is 10.2 Å².